The van der Waals surface area contributed by atoms with E-state index in [0.29, 0.717) is 11.0 Å². The molecule has 0 saturated carbocycles. The van der Waals surface area contributed by atoms with Gasteiger partial charge in [-0.1, -0.05) is 35.9 Å². The van der Waals surface area contributed by atoms with Gasteiger partial charge in [-0.05, 0) is 54.6 Å². The van der Waals surface area contributed by atoms with Gasteiger partial charge in [0.05, 0.1) is 5.52 Å². The minimum absolute atomic E-state index is 0.553. The molecular formula is C21H19ClN4S. The number of halogens is 1. The Labute approximate surface area is 167 Å². The standard InChI is InChI=1S/C21H19ClN4S/c1-14-8-9-15(22)13-19(14)25-21-24-18-7-3-2-6-17(18)20(26-21)23-11-10-16-5-4-12-27-16/h2-9,12-13H,10-11H2,1H3,(H2,23,24,25,26). The van der Waals surface area contributed by atoms with Crippen LogP contribution in [-0.2, 0) is 6.42 Å². The second-order valence-corrected chi connectivity index (χ2v) is 7.72. The average molecular weight is 395 g/mol. The van der Waals surface area contributed by atoms with Gasteiger partial charge in [0, 0.05) is 27.5 Å². The Hall–Kier alpha value is -2.63. The third-order valence-electron chi connectivity index (χ3n) is 4.29. The summed E-state index contributed by atoms with van der Waals surface area (Å²) in [5, 5.41) is 10.6. The first-order chi connectivity index (χ1) is 13.2. The number of nitrogens with zero attached hydrogens (tertiary/aromatic N) is 2. The maximum atomic E-state index is 6.13. The van der Waals surface area contributed by atoms with Gasteiger partial charge in [-0.25, -0.2) is 4.98 Å². The molecule has 4 rings (SSSR count). The quantitative estimate of drug-likeness (QED) is 0.418. The molecule has 0 saturated heterocycles. The lowest BCUT2D eigenvalue weighted by molar-refractivity contribution is 1.03. The van der Waals surface area contributed by atoms with Crippen molar-refractivity contribution in [3.8, 4) is 0 Å². The van der Waals surface area contributed by atoms with E-state index in [1.807, 2.05) is 49.4 Å². The van der Waals surface area contributed by atoms with E-state index in [0.717, 1.165) is 40.9 Å². The maximum absolute atomic E-state index is 6.13. The fourth-order valence-electron chi connectivity index (χ4n) is 2.88. The molecule has 2 N–H and O–H groups in total. The predicted octanol–water partition coefficient (Wildman–Crippen LogP) is 6.05. The largest absolute Gasteiger partial charge is 0.369 e. The summed E-state index contributed by atoms with van der Waals surface area (Å²) >= 11 is 7.91. The zero-order valence-electron chi connectivity index (χ0n) is 14.9. The summed E-state index contributed by atoms with van der Waals surface area (Å²) in [5.74, 6) is 1.39. The molecule has 0 amide bonds. The van der Waals surface area contributed by atoms with Gasteiger partial charge in [-0.2, -0.15) is 4.98 Å². The lowest BCUT2D eigenvalue weighted by Gasteiger charge is -2.13. The minimum Gasteiger partial charge on any atom is -0.369 e. The fraction of sp³-hybridized carbons (Fsp3) is 0.143. The molecule has 0 atom stereocenters. The van der Waals surface area contributed by atoms with E-state index >= 15 is 0 Å². The van der Waals surface area contributed by atoms with E-state index in [1.165, 1.54) is 4.88 Å². The number of rotatable bonds is 6. The molecule has 0 radical (unpaired) electrons. The van der Waals surface area contributed by atoms with Crippen molar-refractivity contribution in [3.05, 3.63) is 75.4 Å². The van der Waals surface area contributed by atoms with Crippen molar-refractivity contribution in [1.29, 1.82) is 0 Å². The minimum atomic E-state index is 0.553. The van der Waals surface area contributed by atoms with Crippen LogP contribution < -0.4 is 10.6 Å². The molecule has 0 unspecified atom stereocenters. The molecule has 136 valence electrons. The van der Waals surface area contributed by atoms with Crippen molar-refractivity contribution in [2.45, 2.75) is 13.3 Å². The van der Waals surface area contributed by atoms with Crippen LogP contribution in [0.5, 0.6) is 0 Å². The first kappa shape index (κ1) is 17.8. The van der Waals surface area contributed by atoms with Gasteiger partial charge in [0.2, 0.25) is 5.95 Å². The number of thiophene rings is 1. The molecular weight excluding hydrogens is 376 g/mol. The number of nitrogens with one attached hydrogen (secondary N) is 2. The van der Waals surface area contributed by atoms with Crippen LogP contribution in [0.1, 0.15) is 10.4 Å². The Bertz CT molecular complexity index is 1060. The molecule has 27 heavy (non-hydrogen) atoms. The van der Waals surface area contributed by atoms with Gasteiger partial charge >= 0.3 is 0 Å². The summed E-state index contributed by atoms with van der Waals surface area (Å²) in [5.41, 5.74) is 2.89. The normalized spacial score (nSPS) is 10.9. The summed E-state index contributed by atoms with van der Waals surface area (Å²) < 4.78 is 0. The van der Waals surface area contributed by atoms with E-state index in [2.05, 4.69) is 33.1 Å². The van der Waals surface area contributed by atoms with Gasteiger partial charge in [-0.15, -0.1) is 11.3 Å². The maximum Gasteiger partial charge on any atom is 0.229 e. The summed E-state index contributed by atoms with van der Waals surface area (Å²) in [4.78, 5) is 10.7. The van der Waals surface area contributed by atoms with Crippen LogP contribution in [-0.4, -0.2) is 16.5 Å². The van der Waals surface area contributed by atoms with Gasteiger partial charge in [-0.3, -0.25) is 0 Å². The number of benzene rings is 2. The van der Waals surface area contributed by atoms with Gasteiger partial charge in [0.25, 0.3) is 0 Å². The van der Waals surface area contributed by atoms with Gasteiger partial charge < -0.3 is 10.6 Å². The smallest absolute Gasteiger partial charge is 0.229 e. The van der Waals surface area contributed by atoms with E-state index in [-0.39, 0.29) is 0 Å². The first-order valence-electron chi connectivity index (χ1n) is 8.75. The van der Waals surface area contributed by atoms with Crippen LogP contribution in [0.25, 0.3) is 10.9 Å². The van der Waals surface area contributed by atoms with Crippen molar-refractivity contribution in [1.82, 2.24) is 9.97 Å². The van der Waals surface area contributed by atoms with Crippen LogP contribution in [0.15, 0.2) is 60.0 Å². The molecule has 0 bridgehead atoms. The molecule has 2 aromatic heterocycles. The lowest BCUT2D eigenvalue weighted by Crippen LogP contribution is -2.08. The highest BCUT2D eigenvalue weighted by atomic mass is 35.5. The van der Waals surface area contributed by atoms with E-state index in [9.17, 15) is 0 Å². The SMILES string of the molecule is Cc1ccc(Cl)cc1Nc1nc(NCCc2cccs2)c2ccccc2n1. The van der Waals surface area contributed by atoms with E-state index < -0.39 is 0 Å². The molecule has 0 aliphatic heterocycles. The summed E-state index contributed by atoms with van der Waals surface area (Å²) in [6.45, 7) is 2.84. The van der Waals surface area contributed by atoms with Crippen molar-refractivity contribution in [2.24, 2.45) is 0 Å². The Kier molecular flexibility index (Phi) is 5.23. The molecule has 0 aliphatic rings. The summed E-state index contributed by atoms with van der Waals surface area (Å²) in [6, 6.07) is 18.0. The highest BCUT2D eigenvalue weighted by Crippen LogP contribution is 2.26. The summed E-state index contributed by atoms with van der Waals surface area (Å²) in [7, 11) is 0. The van der Waals surface area contributed by atoms with Gasteiger partial charge in [0.15, 0.2) is 0 Å². The number of aromatic nitrogens is 2. The second-order valence-electron chi connectivity index (χ2n) is 6.25. The number of para-hydroxylation sites is 1. The van der Waals surface area contributed by atoms with Crippen LogP contribution in [0.3, 0.4) is 0 Å². The third kappa shape index (κ3) is 4.21. The molecule has 0 spiro atoms. The Morgan fingerprint density at radius 3 is 2.78 bits per heavy atom. The number of fused-ring (bicyclic) bond motifs is 1. The lowest BCUT2D eigenvalue weighted by atomic mass is 10.2. The Morgan fingerprint density at radius 2 is 1.93 bits per heavy atom. The zero-order chi connectivity index (χ0) is 18.6. The van der Waals surface area contributed by atoms with Crippen LogP contribution in [0, 0.1) is 6.92 Å². The van der Waals surface area contributed by atoms with Crippen LogP contribution in [0.4, 0.5) is 17.5 Å². The highest BCUT2D eigenvalue weighted by molar-refractivity contribution is 7.09. The Balaban J connectivity index is 1.62. The monoisotopic (exact) mass is 394 g/mol. The topological polar surface area (TPSA) is 49.8 Å². The first-order valence-corrected chi connectivity index (χ1v) is 10.0. The van der Waals surface area contributed by atoms with Crippen LogP contribution >= 0.6 is 22.9 Å². The fourth-order valence-corrected chi connectivity index (χ4v) is 3.76. The number of aryl methyl sites for hydroxylation is 1. The Morgan fingerprint density at radius 1 is 1.04 bits per heavy atom. The summed E-state index contributed by atoms with van der Waals surface area (Å²) in [6.07, 6.45) is 0.964. The van der Waals surface area contributed by atoms with Crippen molar-refractivity contribution in [3.63, 3.8) is 0 Å². The van der Waals surface area contributed by atoms with Gasteiger partial charge in [0.1, 0.15) is 5.82 Å². The van der Waals surface area contributed by atoms with E-state index in [1.54, 1.807) is 11.3 Å². The number of anilines is 3. The molecule has 4 aromatic rings. The second kappa shape index (κ2) is 7.94. The van der Waals surface area contributed by atoms with Crippen LogP contribution in [0.2, 0.25) is 5.02 Å². The molecule has 2 aromatic carbocycles. The molecule has 4 nitrogen and oxygen atoms in total. The predicted molar refractivity (Wildman–Crippen MR) is 116 cm³/mol. The van der Waals surface area contributed by atoms with Crippen molar-refractivity contribution >= 4 is 51.3 Å². The average Bonchev–Trinajstić information content (AvgIpc) is 3.18. The molecule has 0 aliphatic carbocycles. The third-order valence-corrected chi connectivity index (χ3v) is 5.46. The zero-order valence-corrected chi connectivity index (χ0v) is 16.4. The van der Waals surface area contributed by atoms with Crippen molar-refractivity contribution in [2.75, 3.05) is 17.2 Å². The number of hydrogen-bond donors (Lipinski definition) is 2. The molecule has 2 heterocycles. The molecule has 0 fully saturated rings. The number of hydrogen-bond acceptors (Lipinski definition) is 5. The highest BCUT2D eigenvalue weighted by Gasteiger charge is 2.09. The van der Waals surface area contributed by atoms with E-state index in [4.69, 9.17) is 16.6 Å². The molecule has 6 heteroatoms. The van der Waals surface area contributed by atoms with Crippen molar-refractivity contribution < 1.29 is 0 Å².